The predicted octanol–water partition coefficient (Wildman–Crippen LogP) is 2.59. The van der Waals surface area contributed by atoms with Gasteiger partial charge in [0.2, 0.25) is 0 Å². The zero-order chi connectivity index (χ0) is 12.7. The highest BCUT2D eigenvalue weighted by Crippen LogP contribution is 2.09. The van der Waals surface area contributed by atoms with Crippen molar-refractivity contribution in [2.75, 3.05) is 0 Å². The van der Waals surface area contributed by atoms with E-state index in [1.807, 2.05) is 6.07 Å². The molecule has 1 aromatic rings. The van der Waals surface area contributed by atoms with Crippen LogP contribution in [0.2, 0.25) is 0 Å². The van der Waals surface area contributed by atoms with Crippen LogP contribution in [0.5, 0.6) is 0 Å². The average Bonchev–Trinajstić information content (AvgIpc) is 2.36. The lowest BCUT2D eigenvalue weighted by molar-refractivity contribution is 0.561. The van der Waals surface area contributed by atoms with Crippen molar-refractivity contribution in [1.82, 2.24) is 5.32 Å². The van der Waals surface area contributed by atoms with Gasteiger partial charge in [0.25, 0.3) is 0 Å². The van der Waals surface area contributed by atoms with E-state index in [-0.39, 0.29) is 11.6 Å². The van der Waals surface area contributed by atoms with Crippen LogP contribution in [0.4, 0.5) is 4.39 Å². The summed E-state index contributed by atoms with van der Waals surface area (Å²) in [4.78, 5) is 0. The minimum Gasteiger partial charge on any atom is -0.300 e. The van der Waals surface area contributed by atoms with Gasteiger partial charge in [0, 0.05) is 6.54 Å². The minimum absolute atomic E-state index is 0.0237. The van der Waals surface area contributed by atoms with Gasteiger partial charge in [-0.25, -0.2) is 4.39 Å². The average molecular weight is 230 g/mol. The molecule has 1 unspecified atom stereocenters. The minimum atomic E-state index is -0.488. The van der Waals surface area contributed by atoms with Crippen LogP contribution < -0.4 is 5.32 Å². The van der Waals surface area contributed by atoms with Gasteiger partial charge >= 0.3 is 0 Å². The molecule has 1 aromatic carbocycles. The molecule has 17 heavy (non-hydrogen) atoms. The molecule has 0 radical (unpaired) electrons. The standard InChI is InChI=1S/C14H15FN2/c1-3-5-13(4-2)17-10-11-6-7-14(15)12(8-11)9-16/h2,6-8,13,17H,3,5,10H2,1H3. The molecular weight excluding hydrogens is 215 g/mol. The van der Waals surface area contributed by atoms with Crippen molar-refractivity contribution in [3.8, 4) is 18.4 Å². The van der Waals surface area contributed by atoms with E-state index in [0.29, 0.717) is 6.54 Å². The third-order valence-corrected chi connectivity index (χ3v) is 2.48. The van der Waals surface area contributed by atoms with E-state index in [1.54, 1.807) is 12.1 Å². The van der Waals surface area contributed by atoms with Crippen LogP contribution in [0.3, 0.4) is 0 Å². The first-order valence-corrected chi connectivity index (χ1v) is 5.59. The van der Waals surface area contributed by atoms with Crippen molar-refractivity contribution in [2.24, 2.45) is 0 Å². The number of nitrogens with zero attached hydrogens (tertiary/aromatic N) is 1. The summed E-state index contributed by atoms with van der Waals surface area (Å²) in [7, 11) is 0. The third kappa shape index (κ3) is 3.90. The van der Waals surface area contributed by atoms with E-state index in [1.165, 1.54) is 6.07 Å². The molecule has 0 heterocycles. The van der Waals surface area contributed by atoms with Gasteiger partial charge in [-0.15, -0.1) is 6.42 Å². The first kappa shape index (κ1) is 13.2. The van der Waals surface area contributed by atoms with Gasteiger partial charge in [0.15, 0.2) is 0 Å². The highest BCUT2D eigenvalue weighted by molar-refractivity contribution is 5.34. The monoisotopic (exact) mass is 230 g/mol. The second-order valence-corrected chi connectivity index (χ2v) is 3.81. The molecule has 1 N–H and O–H groups in total. The Balaban J connectivity index is 2.64. The molecule has 0 fully saturated rings. The molecule has 0 aliphatic heterocycles. The molecule has 1 atom stereocenters. The Morgan fingerprint density at radius 2 is 2.29 bits per heavy atom. The maximum absolute atomic E-state index is 13.1. The number of halogens is 1. The summed E-state index contributed by atoms with van der Waals surface area (Å²) in [6.07, 6.45) is 7.29. The summed E-state index contributed by atoms with van der Waals surface area (Å²) >= 11 is 0. The normalized spacial score (nSPS) is 11.5. The molecule has 0 spiro atoms. The summed E-state index contributed by atoms with van der Waals surface area (Å²) in [5.41, 5.74) is 0.927. The number of benzene rings is 1. The van der Waals surface area contributed by atoms with Crippen molar-refractivity contribution in [3.63, 3.8) is 0 Å². The summed E-state index contributed by atoms with van der Waals surface area (Å²) in [6, 6.07) is 6.35. The lowest BCUT2D eigenvalue weighted by atomic mass is 10.1. The van der Waals surface area contributed by atoms with E-state index in [0.717, 1.165) is 18.4 Å². The van der Waals surface area contributed by atoms with Crippen LogP contribution in [-0.2, 0) is 6.54 Å². The smallest absolute Gasteiger partial charge is 0.140 e. The fourth-order valence-corrected chi connectivity index (χ4v) is 1.54. The lowest BCUT2D eigenvalue weighted by Crippen LogP contribution is -2.26. The Morgan fingerprint density at radius 1 is 1.53 bits per heavy atom. The maximum atomic E-state index is 13.1. The van der Waals surface area contributed by atoms with E-state index in [2.05, 4.69) is 18.2 Å². The highest BCUT2D eigenvalue weighted by Gasteiger charge is 2.05. The molecule has 88 valence electrons. The molecule has 0 saturated heterocycles. The number of rotatable bonds is 5. The van der Waals surface area contributed by atoms with Crippen molar-refractivity contribution in [3.05, 3.63) is 35.1 Å². The first-order chi connectivity index (χ1) is 8.21. The Morgan fingerprint density at radius 3 is 2.88 bits per heavy atom. The number of nitrogens with one attached hydrogen (secondary N) is 1. The van der Waals surface area contributed by atoms with E-state index < -0.39 is 5.82 Å². The first-order valence-electron chi connectivity index (χ1n) is 5.59. The number of hydrogen-bond donors (Lipinski definition) is 1. The van der Waals surface area contributed by atoms with Crippen LogP contribution >= 0.6 is 0 Å². The van der Waals surface area contributed by atoms with Gasteiger partial charge in [-0.1, -0.05) is 25.3 Å². The zero-order valence-electron chi connectivity index (χ0n) is 9.83. The van der Waals surface area contributed by atoms with Gasteiger partial charge in [-0.05, 0) is 24.1 Å². The van der Waals surface area contributed by atoms with Crippen LogP contribution in [0.25, 0.3) is 0 Å². The van der Waals surface area contributed by atoms with Gasteiger partial charge < -0.3 is 0 Å². The molecule has 3 heteroatoms. The van der Waals surface area contributed by atoms with Crippen molar-refractivity contribution >= 4 is 0 Å². The van der Waals surface area contributed by atoms with E-state index in [4.69, 9.17) is 11.7 Å². The zero-order valence-corrected chi connectivity index (χ0v) is 9.83. The molecule has 0 aromatic heterocycles. The van der Waals surface area contributed by atoms with Crippen LogP contribution in [0.15, 0.2) is 18.2 Å². The summed E-state index contributed by atoms with van der Waals surface area (Å²) in [6.45, 7) is 2.61. The van der Waals surface area contributed by atoms with Gasteiger partial charge in [0.1, 0.15) is 11.9 Å². The maximum Gasteiger partial charge on any atom is 0.140 e. The quantitative estimate of drug-likeness (QED) is 0.789. The topological polar surface area (TPSA) is 35.8 Å². The number of terminal acetylenes is 1. The van der Waals surface area contributed by atoms with Crippen molar-refractivity contribution in [1.29, 1.82) is 5.26 Å². The number of hydrogen-bond acceptors (Lipinski definition) is 2. The highest BCUT2D eigenvalue weighted by atomic mass is 19.1. The second-order valence-electron chi connectivity index (χ2n) is 3.81. The van der Waals surface area contributed by atoms with E-state index >= 15 is 0 Å². The Bertz CT molecular complexity index is 454. The molecule has 0 bridgehead atoms. The van der Waals surface area contributed by atoms with Crippen molar-refractivity contribution < 1.29 is 4.39 Å². The Labute approximate surface area is 101 Å². The molecular formula is C14H15FN2. The van der Waals surface area contributed by atoms with Crippen LogP contribution in [-0.4, -0.2) is 6.04 Å². The molecule has 0 saturated carbocycles. The number of nitriles is 1. The summed E-state index contributed by atoms with van der Waals surface area (Å²) in [5.74, 6) is 2.18. The van der Waals surface area contributed by atoms with E-state index in [9.17, 15) is 4.39 Å². The Hall–Kier alpha value is -1.84. The van der Waals surface area contributed by atoms with Crippen LogP contribution in [0, 0.1) is 29.5 Å². The van der Waals surface area contributed by atoms with Crippen LogP contribution in [0.1, 0.15) is 30.9 Å². The van der Waals surface area contributed by atoms with Crippen molar-refractivity contribution in [2.45, 2.75) is 32.4 Å². The summed E-state index contributed by atoms with van der Waals surface area (Å²) in [5, 5.41) is 11.9. The fraction of sp³-hybridized carbons (Fsp3) is 0.357. The molecule has 2 nitrogen and oxygen atoms in total. The Kier molecular flexibility index (Phi) is 5.20. The van der Waals surface area contributed by atoms with Gasteiger partial charge in [0.05, 0.1) is 11.6 Å². The largest absolute Gasteiger partial charge is 0.300 e. The second kappa shape index (κ2) is 6.68. The molecule has 1 rings (SSSR count). The van der Waals surface area contributed by atoms with Gasteiger partial charge in [-0.3, -0.25) is 5.32 Å². The molecule has 0 aliphatic carbocycles. The predicted molar refractivity (Wildman–Crippen MR) is 65.5 cm³/mol. The molecule has 0 aliphatic rings. The molecule has 0 amide bonds. The fourth-order valence-electron chi connectivity index (χ4n) is 1.54. The SMILES string of the molecule is C#CC(CCC)NCc1ccc(F)c(C#N)c1. The van der Waals surface area contributed by atoms with Gasteiger partial charge in [-0.2, -0.15) is 5.26 Å². The third-order valence-electron chi connectivity index (χ3n) is 2.48. The lowest BCUT2D eigenvalue weighted by Gasteiger charge is -2.12. The summed E-state index contributed by atoms with van der Waals surface area (Å²) < 4.78 is 13.1.